The molecule has 0 spiro atoms. The van der Waals surface area contributed by atoms with Gasteiger partial charge in [-0.15, -0.1) is 0 Å². The normalized spacial score (nSPS) is 10.1. The summed E-state index contributed by atoms with van der Waals surface area (Å²) in [6, 6.07) is 6.72. The maximum atomic E-state index is 11.3. The van der Waals surface area contributed by atoms with Crippen LogP contribution in [0, 0.1) is 0 Å². The van der Waals surface area contributed by atoms with E-state index < -0.39 is 11.9 Å². The van der Waals surface area contributed by atoms with Gasteiger partial charge in [0.05, 0.1) is 7.11 Å². The zero-order valence-corrected chi connectivity index (χ0v) is 10.3. The summed E-state index contributed by atoms with van der Waals surface area (Å²) < 4.78 is 9.49. The van der Waals surface area contributed by atoms with Crippen LogP contribution in [0.1, 0.15) is 12.5 Å². The molecule has 1 aromatic rings. The number of methoxy groups -OCH3 is 1. The summed E-state index contributed by atoms with van der Waals surface area (Å²) in [6.07, 6.45) is 2.92. The van der Waals surface area contributed by atoms with Crippen molar-refractivity contribution >= 4 is 18.0 Å². The van der Waals surface area contributed by atoms with Crippen LogP contribution in [0.5, 0.6) is 5.75 Å². The minimum absolute atomic E-state index is 0.338. The number of carbonyl (C=O) groups is 2. The van der Waals surface area contributed by atoms with Gasteiger partial charge in [0.1, 0.15) is 5.75 Å². The molecule has 1 rings (SSSR count). The molecule has 4 nitrogen and oxygen atoms in total. The molecule has 0 aliphatic carbocycles. The molecule has 0 unspecified atom stereocenters. The third-order valence-electron chi connectivity index (χ3n) is 2.05. The van der Waals surface area contributed by atoms with Crippen molar-refractivity contribution in [2.75, 3.05) is 7.11 Å². The summed E-state index contributed by atoms with van der Waals surface area (Å²) in [6.45, 7) is 5.07. The SMILES string of the molecule is C=C(C)C(=O)Oc1ccc(C=CC(=O)OC)cc1. The van der Waals surface area contributed by atoms with Crippen LogP contribution in [0.4, 0.5) is 0 Å². The largest absolute Gasteiger partial charge is 0.466 e. The Hall–Kier alpha value is -2.36. The third kappa shape index (κ3) is 4.25. The smallest absolute Gasteiger partial charge is 0.338 e. The van der Waals surface area contributed by atoms with Crippen LogP contribution in [0.3, 0.4) is 0 Å². The number of carbonyl (C=O) groups excluding carboxylic acids is 2. The highest BCUT2D eigenvalue weighted by molar-refractivity contribution is 5.89. The molecule has 0 saturated carbocycles. The lowest BCUT2D eigenvalue weighted by molar-refractivity contribution is -0.134. The second-order valence-corrected chi connectivity index (χ2v) is 3.60. The lowest BCUT2D eigenvalue weighted by Crippen LogP contribution is -2.07. The summed E-state index contributed by atoms with van der Waals surface area (Å²) in [5.74, 6) is -0.459. The van der Waals surface area contributed by atoms with Crippen molar-refractivity contribution in [2.45, 2.75) is 6.92 Å². The van der Waals surface area contributed by atoms with Crippen molar-refractivity contribution in [3.05, 3.63) is 48.1 Å². The molecule has 0 radical (unpaired) electrons. The molecule has 0 bridgehead atoms. The highest BCUT2D eigenvalue weighted by atomic mass is 16.5. The first kappa shape index (κ1) is 13.7. The Bertz CT molecular complexity index is 483. The number of benzene rings is 1. The van der Waals surface area contributed by atoms with E-state index in [-0.39, 0.29) is 0 Å². The van der Waals surface area contributed by atoms with Gasteiger partial charge in [-0.25, -0.2) is 9.59 Å². The van der Waals surface area contributed by atoms with E-state index in [4.69, 9.17) is 4.74 Å². The Balaban J connectivity index is 2.68. The Morgan fingerprint density at radius 3 is 2.33 bits per heavy atom. The zero-order valence-electron chi connectivity index (χ0n) is 10.3. The van der Waals surface area contributed by atoms with Crippen molar-refractivity contribution in [1.29, 1.82) is 0 Å². The summed E-state index contributed by atoms with van der Waals surface area (Å²) in [5.41, 5.74) is 1.14. The average molecular weight is 246 g/mol. The number of esters is 2. The van der Waals surface area contributed by atoms with E-state index in [9.17, 15) is 9.59 Å². The summed E-state index contributed by atoms with van der Waals surface area (Å²) in [7, 11) is 1.31. The van der Waals surface area contributed by atoms with Gasteiger partial charge in [-0.05, 0) is 30.7 Å². The topological polar surface area (TPSA) is 52.6 Å². The van der Waals surface area contributed by atoms with Gasteiger partial charge in [-0.2, -0.15) is 0 Å². The maximum absolute atomic E-state index is 11.3. The average Bonchev–Trinajstić information content (AvgIpc) is 2.37. The molecule has 0 fully saturated rings. The number of rotatable bonds is 4. The molecule has 0 aromatic heterocycles. The van der Waals surface area contributed by atoms with E-state index in [2.05, 4.69) is 11.3 Å². The van der Waals surface area contributed by atoms with Crippen LogP contribution in [0.2, 0.25) is 0 Å². The van der Waals surface area contributed by atoms with Crippen LogP contribution in [0.25, 0.3) is 6.08 Å². The van der Waals surface area contributed by atoms with E-state index in [1.165, 1.54) is 13.2 Å². The van der Waals surface area contributed by atoms with Gasteiger partial charge in [-0.1, -0.05) is 18.7 Å². The fraction of sp³-hybridized carbons (Fsp3) is 0.143. The molecule has 4 heteroatoms. The molecule has 0 amide bonds. The van der Waals surface area contributed by atoms with Gasteiger partial charge < -0.3 is 9.47 Å². The van der Waals surface area contributed by atoms with Gasteiger partial charge in [0.2, 0.25) is 0 Å². The van der Waals surface area contributed by atoms with E-state index in [0.29, 0.717) is 11.3 Å². The molecular weight excluding hydrogens is 232 g/mol. The van der Waals surface area contributed by atoms with Crippen LogP contribution >= 0.6 is 0 Å². The quantitative estimate of drug-likeness (QED) is 0.465. The second kappa shape index (κ2) is 6.39. The Labute approximate surface area is 106 Å². The van der Waals surface area contributed by atoms with E-state index in [1.807, 2.05) is 0 Å². The molecule has 0 atom stereocenters. The Morgan fingerprint density at radius 2 is 1.83 bits per heavy atom. The first-order chi connectivity index (χ1) is 8.52. The van der Waals surface area contributed by atoms with Gasteiger partial charge in [0.15, 0.2) is 0 Å². The van der Waals surface area contributed by atoms with Crippen molar-refractivity contribution in [3.8, 4) is 5.75 Å². The first-order valence-corrected chi connectivity index (χ1v) is 5.26. The van der Waals surface area contributed by atoms with Crippen molar-refractivity contribution in [3.63, 3.8) is 0 Å². The van der Waals surface area contributed by atoms with Crippen molar-refractivity contribution in [1.82, 2.24) is 0 Å². The Kier molecular flexibility index (Phi) is 4.87. The van der Waals surface area contributed by atoms with Crippen LogP contribution in [0.15, 0.2) is 42.5 Å². The second-order valence-electron chi connectivity index (χ2n) is 3.60. The number of hydrogen-bond donors (Lipinski definition) is 0. The molecule has 18 heavy (non-hydrogen) atoms. The van der Waals surface area contributed by atoms with Crippen molar-refractivity contribution in [2.24, 2.45) is 0 Å². The van der Waals surface area contributed by atoms with Gasteiger partial charge in [0, 0.05) is 11.6 Å². The van der Waals surface area contributed by atoms with E-state index in [1.54, 1.807) is 37.3 Å². The summed E-state index contributed by atoms with van der Waals surface area (Å²) in [5, 5.41) is 0. The molecule has 0 aliphatic rings. The zero-order chi connectivity index (χ0) is 13.5. The lowest BCUT2D eigenvalue weighted by atomic mass is 10.2. The van der Waals surface area contributed by atoms with E-state index >= 15 is 0 Å². The molecule has 0 saturated heterocycles. The molecule has 94 valence electrons. The van der Waals surface area contributed by atoms with Crippen LogP contribution in [-0.2, 0) is 14.3 Å². The highest BCUT2D eigenvalue weighted by Crippen LogP contribution is 2.14. The summed E-state index contributed by atoms with van der Waals surface area (Å²) in [4.78, 5) is 22.1. The lowest BCUT2D eigenvalue weighted by Gasteiger charge is -2.03. The minimum Gasteiger partial charge on any atom is -0.466 e. The summed E-state index contributed by atoms with van der Waals surface area (Å²) >= 11 is 0. The number of ether oxygens (including phenoxy) is 2. The molecule has 0 aliphatic heterocycles. The van der Waals surface area contributed by atoms with Gasteiger partial charge >= 0.3 is 11.9 Å². The fourth-order valence-corrected chi connectivity index (χ4v) is 1.07. The molecule has 0 N–H and O–H groups in total. The fourth-order valence-electron chi connectivity index (χ4n) is 1.07. The first-order valence-electron chi connectivity index (χ1n) is 5.26. The molecule has 0 heterocycles. The van der Waals surface area contributed by atoms with Gasteiger partial charge in [0.25, 0.3) is 0 Å². The van der Waals surface area contributed by atoms with Gasteiger partial charge in [-0.3, -0.25) is 0 Å². The third-order valence-corrected chi connectivity index (χ3v) is 2.05. The Morgan fingerprint density at radius 1 is 1.22 bits per heavy atom. The monoisotopic (exact) mass is 246 g/mol. The molecular formula is C14H14O4. The maximum Gasteiger partial charge on any atom is 0.338 e. The standard InChI is InChI=1S/C14H14O4/c1-10(2)14(16)18-12-7-4-11(5-8-12)6-9-13(15)17-3/h4-9H,1H2,2-3H3. The predicted molar refractivity (Wildman–Crippen MR) is 67.9 cm³/mol. The highest BCUT2D eigenvalue weighted by Gasteiger charge is 2.04. The minimum atomic E-state index is -0.465. The van der Waals surface area contributed by atoms with Crippen molar-refractivity contribution < 1.29 is 19.1 Å². The van der Waals surface area contributed by atoms with E-state index in [0.717, 1.165) is 5.56 Å². The molecule has 1 aromatic carbocycles. The predicted octanol–water partition coefficient (Wildman–Crippen LogP) is 2.35. The van der Waals surface area contributed by atoms with Crippen LogP contribution < -0.4 is 4.74 Å². The number of hydrogen-bond acceptors (Lipinski definition) is 4. The van der Waals surface area contributed by atoms with Crippen LogP contribution in [-0.4, -0.2) is 19.0 Å².